The van der Waals surface area contributed by atoms with Gasteiger partial charge in [-0.2, -0.15) is 18.3 Å². The van der Waals surface area contributed by atoms with E-state index in [0.29, 0.717) is 6.54 Å². The van der Waals surface area contributed by atoms with Gasteiger partial charge in [0.05, 0.1) is 6.20 Å². The summed E-state index contributed by atoms with van der Waals surface area (Å²) in [5.41, 5.74) is 3.33. The predicted octanol–water partition coefficient (Wildman–Crippen LogP) is 3.15. The van der Waals surface area contributed by atoms with Crippen LogP contribution >= 0.6 is 0 Å². The topological polar surface area (TPSA) is 33.1 Å². The minimum absolute atomic E-state index is 0.214. The molecule has 0 aliphatic carbocycles. The number of piperazine rings is 1. The largest absolute Gasteiger partial charge is 0.408 e. The highest BCUT2D eigenvalue weighted by Gasteiger charge is 2.29. The first kappa shape index (κ1) is 17.9. The van der Waals surface area contributed by atoms with Gasteiger partial charge in [0, 0.05) is 44.0 Å². The van der Waals surface area contributed by atoms with Gasteiger partial charge in [-0.3, -0.25) is 9.58 Å². The highest BCUT2D eigenvalue weighted by Crippen LogP contribution is 2.25. The number of benzene rings is 1. The molecule has 2 aromatic rings. The Morgan fingerprint density at radius 2 is 1.96 bits per heavy atom. The Labute approximate surface area is 145 Å². The SMILES string of the molecule is CCc1ccc(C2CNCCN2Cc2cnn(CC(F)(F)F)c2)cc1. The van der Waals surface area contributed by atoms with E-state index in [1.807, 2.05) is 0 Å². The lowest BCUT2D eigenvalue weighted by atomic mass is 10.0. The maximum Gasteiger partial charge on any atom is 0.408 e. The number of hydrogen-bond acceptors (Lipinski definition) is 3. The van der Waals surface area contributed by atoms with E-state index in [4.69, 9.17) is 0 Å². The third-order valence-corrected chi connectivity index (χ3v) is 4.54. The van der Waals surface area contributed by atoms with Crippen LogP contribution in [0.2, 0.25) is 0 Å². The molecule has 1 fully saturated rings. The molecule has 1 aromatic heterocycles. The molecule has 25 heavy (non-hydrogen) atoms. The molecule has 1 atom stereocenters. The Morgan fingerprint density at radius 3 is 2.64 bits per heavy atom. The molecule has 1 aliphatic rings. The van der Waals surface area contributed by atoms with Crippen molar-refractivity contribution >= 4 is 0 Å². The first-order valence-corrected chi connectivity index (χ1v) is 8.56. The van der Waals surface area contributed by atoms with Crippen molar-refractivity contribution in [2.45, 2.75) is 38.7 Å². The van der Waals surface area contributed by atoms with Gasteiger partial charge in [0.1, 0.15) is 6.54 Å². The zero-order valence-electron chi connectivity index (χ0n) is 14.3. The molecular weight excluding hydrogens is 329 g/mol. The van der Waals surface area contributed by atoms with Gasteiger partial charge in [-0.1, -0.05) is 31.2 Å². The van der Waals surface area contributed by atoms with Gasteiger partial charge in [-0.25, -0.2) is 0 Å². The van der Waals surface area contributed by atoms with Crippen molar-refractivity contribution in [2.24, 2.45) is 0 Å². The van der Waals surface area contributed by atoms with E-state index in [1.165, 1.54) is 23.5 Å². The van der Waals surface area contributed by atoms with Gasteiger partial charge in [0.2, 0.25) is 0 Å². The maximum absolute atomic E-state index is 12.5. The van der Waals surface area contributed by atoms with Crippen LogP contribution in [0.4, 0.5) is 13.2 Å². The molecule has 0 saturated carbocycles. The van der Waals surface area contributed by atoms with E-state index >= 15 is 0 Å². The molecule has 1 saturated heterocycles. The predicted molar refractivity (Wildman–Crippen MR) is 90.1 cm³/mol. The summed E-state index contributed by atoms with van der Waals surface area (Å²) in [6.07, 6.45) is -0.217. The van der Waals surface area contributed by atoms with E-state index in [0.717, 1.165) is 36.3 Å². The molecular formula is C18H23F3N4. The smallest absolute Gasteiger partial charge is 0.314 e. The third-order valence-electron chi connectivity index (χ3n) is 4.54. The van der Waals surface area contributed by atoms with E-state index in [9.17, 15) is 13.2 Å². The minimum atomic E-state index is -4.25. The molecule has 1 aliphatic heterocycles. The fourth-order valence-corrected chi connectivity index (χ4v) is 3.23. The number of aromatic nitrogens is 2. The van der Waals surface area contributed by atoms with Gasteiger partial charge in [-0.05, 0) is 17.5 Å². The lowest BCUT2D eigenvalue weighted by molar-refractivity contribution is -0.142. The quantitative estimate of drug-likeness (QED) is 0.897. The van der Waals surface area contributed by atoms with Crippen molar-refractivity contribution in [3.8, 4) is 0 Å². The molecule has 1 aromatic carbocycles. The Kier molecular flexibility index (Phi) is 5.44. The number of alkyl halides is 3. The number of nitrogens with one attached hydrogen (secondary N) is 1. The lowest BCUT2D eigenvalue weighted by Gasteiger charge is -2.36. The molecule has 0 radical (unpaired) electrons. The van der Waals surface area contributed by atoms with Crippen molar-refractivity contribution < 1.29 is 13.2 Å². The molecule has 1 N–H and O–H groups in total. The summed E-state index contributed by atoms with van der Waals surface area (Å²) in [7, 11) is 0. The van der Waals surface area contributed by atoms with Crippen LogP contribution in [0.25, 0.3) is 0 Å². The Morgan fingerprint density at radius 1 is 1.20 bits per heavy atom. The Balaban J connectivity index is 1.70. The van der Waals surface area contributed by atoms with Crippen LogP contribution < -0.4 is 5.32 Å². The summed E-state index contributed by atoms with van der Waals surface area (Å²) in [5, 5.41) is 7.24. The highest BCUT2D eigenvalue weighted by atomic mass is 19.4. The average Bonchev–Trinajstić information content (AvgIpc) is 3.00. The summed E-state index contributed by atoms with van der Waals surface area (Å²) in [4.78, 5) is 2.30. The molecule has 2 heterocycles. The number of aryl methyl sites for hydroxylation is 1. The fraction of sp³-hybridized carbons (Fsp3) is 0.500. The fourth-order valence-electron chi connectivity index (χ4n) is 3.23. The standard InChI is InChI=1S/C18H23F3N4/c1-2-14-3-5-16(6-4-14)17-10-22-7-8-24(17)11-15-9-23-25(12-15)13-18(19,20)21/h3-6,9,12,17,22H,2,7-8,10-11,13H2,1H3. The Bertz CT molecular complexity index is 678. The monoisotopic (exact) mass is 352 g/mol. The van der Waals surface area contributed by atoms with Crippen molar-refractivity contribution in [1.29, 1.82) is 0 Å². The molecule has 7 heteroatoms. The normalized spacial score (nSPS) is 19.3. The van der Waals surface area contributed by atoms with Crippen LogP contribution in [0.3, 0.4) is 0 Å². The molecule has 136 valence electrons. The number of hydrogen-bond donors (Lipinski definition) is 1. The summed E-state index contributed by atoms with van der Waals surface area (Å²) >= 11 is 0. The van der Waals surface area contributed by atoms with Gasteiger partial charge >= 0.3 is 6.18 Å². The van der Waals surface area contributed by atoms with Gasteiger partial charge in [0.25, 0.3) is 0 Å². The number of nitrogens with zero attached hydrogens (tertiary/aromatic N) is 3. The van der Waals surface area contributed by atoms with Crippen LogP contribution in [-0.2, 0) is 19.5 Å². The summed E-state index contributed by atoms with van der Waals surface area (Å²) in [6.45, 7) is 4.24. The minimum Gasteiger partial charge on any atom is -0.314 e. The van der Waals surface area contributed by atoms with E-state index in [2.05, 4.69) is 46.5 Å². The number of halogens is 3. The highest BCUT2D eigenvalue weighted by molar-refractivity contribution is 5.26. The zero-order valence-corrected chi connectivity index (χ0v) is 14.3. The van der Waals surface area contributed by atoms with Gasteiger partial charge < -0.3 is 5.32 Å². The molecule has 0 bridgehead atoms. The van der Waals surface area contributed by atoms with Crippen LogP contribution in [0.5, 0.6) is 0 Å². The van der Waals surface area contributed by atoms with Crippen molar-refractivity contribution in [1.82, 2.24) is 20.0 Å². The second-order valence-corrected chi connectivity index (χ2v) is 6.45. The lowest BCUT2D eigenvalue weighted by Crippen LogP contribution is -2.45. The molecule has 1 unspecified atom stereocenters. The molecule has 0 spiro atoms. The second kappa shape index (κ2) is 7.58. The molecule has 0 amide bonds. The van der Waals surface area contributed by atoms with Crippen LogP contribution in [0.15, 0.2) is 36.7 Å². The van der Waals surface area contributed by atoms with Crippen molar-refractivity contribution in [3.05, 3.63) is 53.3 Å². The zero-order chi connectivity index (χ0) is 17.9. The van der Waals surface area contributed by atoms with E-state index in [1.54, 1.807) is 0 Å². The maximum atomic E-state index is 12.5. The van der Waals surface area contributed by atoms with E-state index < -0.39 is 12.7 Å². The third kappa shape index (κ3) is 4.83. The van der Waals surface area contributed by atoms with Crippen LogP contribution in [0.1, 0.15) is 29.7 Å². The first-order valence-electron chi connectivity index (χ1n) is 8.56. The molecule has 3 rings (SSSR count). The first-order chi connectivity index (χ1) is 11.9. The molecule has 4 nitrogen and oxygen atoms in total. The van der Waals surface area contributed by atoms with Crippen molar-refractivity contribution in [2.75, 3.05) is 19.6 Å². The number of rotatable bonds is 5. The summed E-state index contributed by atoms with van der Waals surface area (Å²) in [5.74, 6) is 0. The van der Waals surface area contributed by atoms with E-state index in [-0.39, 0.29) is 6.04 Å². The van der Waals surface area contributed by atoms with Gasteiger partial charge in [-0.15, -0.1) is 0 Å². The second-order valence-electron chi connectivity index (χ2n) is 6.45. The summed E-state index contributed by atoms with van der Waals surface area (Å²) < 4.78 is 38.4. The summed E-state index contributed by atoms with van der Waals surface area (Å²) in [6, 6.07) is 8.80. The van der Waals surface area contributed by atoms with Crippen molar-refractivity contribution in [3.63, 3.8) is 0 Å². The van der Waals surface area contributed by atoms with Gasteiger partial charge in [0.15, 0.2) is 0 Å². The van der Waals surface area contributed by atoms with Crippen LogP contribution in [-0.4, -0.2) is 40.5 Å². The van der Waals surface area contributed by atoms with Crippen LogP contribution in [0, 0.1) is 0 Å². The average molecular weight is 352 g/mol. The Hall–Kier alpha value is -1.86.